The lowest BCUT2D eigenvalue weighted by Crippen LogP contribution is -2.16. The van der Waals surface area contributed by atoms with Crippen molar-refractivity contribution in [2.45, 2.75) is 38.6 Å². The van der Waals surface area contributed by atoms with Crippen LogP contribution in [0, 0.1) is 10.1 Å². The first-order chi connectivity index (χ1) is 10.6. The Kier molecular flexibility index (Phi) is 5.77. The van der Waals surface area contributed by atoms with E-state index in [2.05, 4.69) is 11.4 Å². The van der Waals surface area contributed by atoms with E-state index in [1.807, 2.05) is 0 Å². The summed E-state index contributed by atoms with van der Waals surface area (Å²) in [5, 5.41) is 24.0. The van der Waals surface area contributed by atoms with Crippen LogP contribution in [0.15, 0.2) is 23.8 Å². The molecule has 120 valence electrons. The van der Waals surface area contributed by atoms with Gasteiger partial charge in [-0.05, 0) is 44.7 Å². The first-order valence-corrected chi connectivity index (χ1v) is 7.54. The molecule has 0 amide bonds. The van der Waals surface area contributed by atoms with Crippen LogP contribution in [0.4, 0.5) is 5.69 Å². The SMILES string of the molecule is COc1cc(CNCCC2=CCCCC2)c([N+](=O)[O-])cc1O. The molecule has 0 atom stereocenters. The van der Waals surface area contributed by atoms with Crippen LogP contribution in [-0.4, -0.2) is 23.7 Å². The van der Waals surface area contributed by atoms with Crippen molar-refractivity contribution >= 4 is 5.69 Å². The van der Waals surface area contributed by atoms with Gasteiger partial charge in [-0.2, -0.15) is 0 Å². The van der Waals surface area contributed by atoms with Gasteiger partial charge < -0.3 is 15.2 Å². The summed E-state index contributed by atoms with van der Waals surface area (Å²) in [6.45, 7) is 1.16. The molecular weight excluding hydrogens is 284 g/mol. The predicted octanol–water partition coefficient (Wildman–Crippen LogP) is 3.29. The van der Waals surface area contributed by atoms with Crippen molar-refractivity contribution in [2.24, 2.45) is 0 Å². The molecule has 0 radical (unpaired) electrons. The zero-order valence-corrected chi connectivity index (χ0v) is 12.8. The summed E-state index contributed by atoms with van der Waals surface area (Å²) in [6.07, 6.45) is 8.13. The normalized spacial score (nSPS) is 14.5. The number of benzene rings is 1. The summed E-state index contributed by atoms with van der Waals surface area (Å²) in [7, 11) is 1.42. The van der Waals surface area contributed by atoms with E-state index in [0.29, 0.717) is 12.1 Å². The fourth-order valence-corrected chi connectivity index (χ4v) is 2.68. The van der Waals surface area contributed by atoms with Crippen molar-refractivity contribution in [1.29, 1.82) is 0 Å². The molecule has 1 aromatic carbocycles. The minimum absolute atomic E-state index is 0.0947. The highest BCUT2D eigenvalue weighted by Crippen LogP contribution is 2.33. The minimum Gasteiger partial charge on any atom is -0.504 e. The van der Waals surface area contributed by atoms with Crippen molar-refractivity contribution in [3.8, 4) is 11.5 Å². The molecule has 6 heteroatoms. The number of nitro benzene ring substituents is 1. The third-order valence-corrected chi connectivity index (χ3v) is 3.90. The first-order valence-electron chi connectivity index (χ1n) is 7.54. The van der Waals surface area contributed by atoms with Gasteiger partial charge in [0.25, 0.3) is 5.69 Å². The predicted molar refractivity (Wildman–Crippen MR) is 84.2 cm³/mol. The topological polar surface area (TPSA) is 84.6 Å². The first kappa shape index (κ1) is 16.3. The molecule has 2 rings (SSSR count). The number of rotatable bonds is 7. The van der Waals surface area contributed by atoms with E-state index in [9.17, 15) is 15.2 Å². The van der Waals surface area contributed by atoms with Crippen LogP contribution in [0.2, 0.25) is 0 Å². The molecule has 1 aliphatic carbocycles. The number of allylic oxidation sites excluding steroid dienone is 1. The lowest BCUT2D eigenvalue weighted by atomic mass is 9.97. The Morgan fingerprint density at radius 3 is 2.86 bits per heavy atom. The summed E-state index contributed by atoms with van der Waals surface area (Å²) < 4.78 is 5.01. The quantitative estimate of drug-likeness (QED) is 0.349. The summed E-state index contributed by atoms with van der Waals surface area (Å²) in [5.41, 5.74) is 1.89. The van der Waals surface area contributed by atoms with Gasteiger partial charge in [0.1, 0.15) is 0 Å². The Labute approximate surface area is 129 Å². The van der Waals surface area contributed by atoms with Crippen molar-refractivity contribution in [3.05, 3.63) is 39.5 Å². The van der Waals surface area contributed by atoms with Gasteiger partial charge in [0.15, 0.2) is 11.5 Å². The lowest BCUT2D eigenvalue weighted by molar-refractivity contribution is -0.385. The van der Waals surface area contributed by atoms with E-state index in [0.717, 1.165) is 31.9 Å². The van der Waals surface area contributed by atoms with Crippen molar-refractivity contribution in [1.82, 2.24) is 5.32 Å². The number of nitro groups is 1. The second-order valence-corrected chi connectivity index (χ2v) is 5.44. The van der Waals surface area contributed by atoms with E-state index in [-0.39, 0.29) is 17.2 Å². The van der Waals surface area contributed by atoms with Crippen LogP contribution in [-0.2, 0) is 6.54 Å². The summed E-state index contributed by atoms with van der Waals surface area (Å²) in [4.78, 5) is 10.6. The number of nitrogens with one attached hydrogen (secondary N) is 1. The number of hydrogen-bond acceptors (Lipinski definition) is 5. The number of hydrogen-bond donors (Lipinski definition) is 2. The van der Waals surface area contributed by atoms with E-state index in [1.165, 1.54) is 31.6 Å². The summed E-state index contributed by atoms with van der Waals surface area (Å²) in [6, 6.07) is 2.65. The smallest absolute Gasteiger partial charge is 0.277 e. The third kappa shape index (κ3) is 4.21. The number of phenols is 1. The number of aromatic hydroxyl groups is 1. The molecule has 0 spiro atoms. The van der Waals surface area contributed by atoms with Crippen LogP contribution >= 0.6 is 0 Å². The van der Waals surface area contributed by atoms with Crippen molar-refractivity contribution in [2.75, 3.05) is 13.7 Å². The molecule has 6 nitrogen and oxygen atoms in total. The van der Waals surface area contributed by atoms with Crippen LogP contribution in [0.1, 0.15) is 37.7 Å². The maximum Gasteiger partial charge on any atom is 0.277 e. The zero-order chi connectivity index (χ0) is 15.9. The molecule has 0 aliphatic heterocycles. The highest BCUT2D eigenvalue weighted by atomic mass is 16.6. The molecule has 0 aromatic heterocycles. The number of phenolic OH excluding ortho intramolecular Hbond substituents is 1. The van der Waals surface area contributed by atoms with Crippen LogP contribution in [0.25, 0.3) is 0 Å². The van der Waals surface area contributed by atoms with Crippen LogP contribution in [0.5, 0.6) is 11.5 Å². The molecular formula is C16H22N2O4. The Balaban J connectivity index is 1.96. The van der Waals surface area contributed by atoms with Gasteiger partial charge in [-0.25, -0.2) is 0 Å². The molecule has 22 heavy (non-hydrogen) atoms. The van der Waals surface area contributed by atoms with Crippen molar-refractivity contribution in [3.63, 3.8) is 0 Å². The zero-order valence-electron chi connectivity index (χ0n) is 12.8. The summed E-state index contributed by atoms with van der Waals surface area (Å²) in [5.74, 6) is 0.0303. The second-order valence-electron chi connectivity index (χ2n) is 5.44. The average molecular weight is 306 g/mol. The maximum atomic E-state index is 11.1. The third-order valence-electron chi connectivity index (χ3n) is 3.90. The van der Waals surface area contributed by atoms with Gasteiger partial charge in [0.2, 0.25) is 0 Å². The Morgan fingerprint density at radius 1 is 1.41 bits per heavy atom. The van der Waals surface area contributed by atoms with Gasteiger partial charge >= 0.3 is 0 Å². The van der Waals surface area contributed by atoms with Gasteiger partial charge in [0.05, 0.1) is 18.1 Å². The fourth-order valence-electron chi connectivity index (χ4n) is 2.68. The minimum atomic E-state index is -0.486. The molecule has 0 saturated heterocycles. The van der Waals surface area contributed by atoms with Crippen molar-refractivity contribution < 1.29 is 14.8 Å². The van der Waals surface area contributed by atoms with Gasteiger partial charge in [-0.15, -0.1) is 0 Å². The molecule has 1 aliphatic rings. The number of nitrogens with zero attached hydrogens (tertiary/aromatic N) is 1. The Bertz CT molecular complexity index is 570. The van der Waals surface area contributed by atoms with Gasteiger partial charge in [-0.1, -0.05) is 11.6 Å². The molecule has 1 aromatic rings. The fraction of sp³-hybridized carbons (Fsp3) is 0.500. The Morgan fingerprint density at radius 2 is 2.23 bits per heavy atom. The van der Waals surface area contributed by atoms with Gasteiger partial charge in [0, 0.05) is 12.1 Å². The second kappa shape index (κ2) is 7.79. The standard InChI is InChI=1S/C16H22N2O4/c1-22-16-9-13(14(18(20)21)10-15(16)19)11-17-8-7-12-5-3-2-4-6-12/h5,9-10,17,19H,2-4,6-8,11H2,1H3. The van der Waals surface area contributed by atoms with E-state index in [1.54, 1.807) is 0 Å². The lowest BCUT2D eigenvalue weighted by Gasteiger charge is -2.13. The number of methoxy groups -OCH3 is 1. The Hall–Kier alpha value is -2.08. The average Bonchev–Trinajstić information content (AvgIpc) is 2.53. The van der Waals surface area contributed by atoms with Gasteiger partial charge in [-0.3, -0.25) is 10.1 Å². The molecule has 0 unspecified atom stereocenters. The van der Waals surface area contributed by atoms with E-state index < -0.39 is 4.92 Å². The molecule has 0 heterocycles. The van der Waals surface area contributed by atoms with Crippen LogP contribution in [0.3, 0.4) is 0 Å². The maximum absolute atomic E-state index is 11.1. The largest absolute Gasteiger partial charge is 0.504 e. The molecule has 0 saturated carbocycles. The molecule has 0 bridgehead atoms. The monoisotopic (exact) mass is 306 g/mol. The van der Waals surface area contributed by atoms with Crippen LogP contribution < -0.4 is 10.1 Å². The van der Waals surface area contributed by atoms with E-state index >= 15 is 0 Å². The molecule has 0 fully saturated rings. The molecule has 2 N–H and O–H groups in total. The van der Waals surface area contributed by atoms with E-state index in [4.69, 9.17) is 4.74 Å². The summed E-state index contributed by atoms with van der Waals surface area (Å²) >= 11 is 0. The highest BCUT2D eigenvalue weighted by molar-refractivity contribution is 5.53. The number of ether oxygens (including phenoxy) is 1. The highest BCUT2D eigenvalue weighted by Gasteiger charge is 2.18.